The highest BCUT2D eigenvalue weighted by Crippen LogP contribution is 2.51. The van der Waals surface area contributed by atoms with E-state index in [1.54, 1.807) is 7.11 Å². The first kappa shape index (κ1) is 23.1. The Morgan fingerprint density at radius 2 is 1.82 bits per heavy atom. The van der Waals surface area contributed by atoms with Crippen LogP contribution in [0.15, 0.2) is 6.07 Å². The number of hydrogen-bond donors (Lipinski definition) is 0. The van der Waals surface area contributed by atoms with Gasteiger partial charge in [-0.05, 0) is 41.2 Å². The second kappa shape index (κ2) is 8.66. The molecule has 3 unspecified atom stereocenters. The number of pyridine rings is 1. The van der Waals surface area contributed by atoms with E-state index in [1.807, 2.05) is 27.7 Å². The van der Waals surface area contributed by atoms with E-state index >= 15 is 0 Å². The standard InChI is InChI=1S/C19H24F3NO2.CH5OP/c1-10-13-9-14(17(24)19(20,21)22)23-15(12-7-5-6-8-12)16(13)25-11(2)18(10,3)4;1-2-3/h9-12H,5-8H2,1-4H3;3H2,1H3. The molecule has 0 saturated heterocycles. The Kier molecular flexibility index (Phi) is 7.14. The molecule has 1 aromatic rings. The Bertz CT molecular complexity index is 698. The second-order valence-electron chi connectivity index (χ2n) is 8.16. The lowest BCUT2D eigenvalue weighted by Crippen LogP contribution is -2.41. The number of Topliss-reactive ketones (excluding diaryl/α,β-unsaturated/α-hetero) is 1. The molecule has 1 saturated carbocycles. The Labute approximate surface area is 166 Å². The van der Waals surface area contributed by atoms with Gasteiger partial charge in [-0.1, -0.05) is 33.6 Å². The van der Waals surface area contributed by atoms with Crippen LogP contribution in [0.25, 0.3) is 0 Å². The fourth-order valence-corrected chi connectivity index (χ4v) is 3.84. The van der Waals surface area contributed by atoms with Crippen molar-refractivity contribution in [1.29, 1.82) is 0 Å². The van der Waals surface area contributed by atoms with Crippen molar-refractivity contribution < 1.29 is 27.2 Å². The molecule has 0 N–H and O–H groups in total. The summed E-state index contributed by atoms with van der Waals surface area (Å²) in [5.41, 5.74) is 0.457. The zero-order valence-electron chi connectivity index (χ0n) is 17.0. The van der Waals surface area contributed by atoms with Gasteiger partial charge in [-0.15, -0.1) is 0 Å². The number of ketones is 1. The van der Waals surface area contributed by atoms with E-state index in [0.29, 0.717) is 17.0 Å². The van der Waals surface area contributed by atoms with Crippen LogP contribution in [0.2, 0.25) is 0 Å². The largest absolute Gasteiger partial charge is 0.488 e. The summed E-state index contributed by atoms with van der Waals surface area (Å²) in [4.78, 5) is 16.0. The summed E-state index contributed by atoms with van der Waals surface area (Å²) in [6.45, 7) is 8.03. The lowest BCUT2D eigenvalue weighted by atomic mass is 9.70. The predicted molar refractivity (Wildman–Crippen MR) is 105 cm³/mol. The van der Waals surface area contributed by atoms with Crippen LogP contribution >= 0.6 is 9.47 Å². The number of fused-ring (bicyclic) bond motifs is 1. The minimum Gasteiger partial charge on any atom is -0.488 e. The number of rotatable bonds is 2. The van der Waals surface area contributed by atoms with E-state index in [2.05, 4.69) is 19.0 Å². The van der Waals surface area contributed by atoms with E-state index in [9.17, 15) is 18.0 Å². The van der Waals surface area contributed by atoms with Crippen LogP contribution in [0.3, 0.4) is 0 Å². The maximum atomic E-state index is 13.0. The first-order valence-electron chi connectivity index (χ1n) is 9.51. The van der Waals surface area contributed by atoms with Gasteiger partial charge in [0.2, 0.25) is 0 Å². The number of aromatic nitrogens is 1. The number of halogens is 3. The molecule has 0 radical (unpaired) electrons. The molecular formula is C20H29F3NO3P. The van der Waals surface area contributed by atoms with Crippen LogP contribution in [-0.2, 0) is 4.52 Å². The molecule has 1 aromatic heterocycles. The van der Waals surface area contributed by atoms with Crippen LogP contribution in [0, 0.1) is 5.41 Å². The van der Waals surface area contributed by atoms with Gasteiger partial charge in [0, 0.05) is 24.0 Å². The molecule has 0 aromatic carbocycles. The van der Waals surface area contributed by atoms with Gasteiger partial charge in [0.05, 0.1) is 5.69 Å². The molecule has 0 amide bonds. The zero-order chi connectivity index (χ0) is 21.3. The summed E-state index contributed by atoms with van der Waals surface area (Å²) in [5, 5.41) is 0. The van der Waals surface area contributed by atoms with Crippen molar-refractivity contribution in [1.82, 2.24) is 4.98 Å². The first-order valence-corrected chi connectivity index (χ1v) is 9.98. The van der Waals surface area contributed by atoms with E-state index in [-0.39, 0.29) is 23.4 Å². The average Bonchev–Trinajstić information content (AvgIpc) is 3.13. The summed E-state index contributed by atoms with van der Waals surface area (Å²) in [5.74, 6) is -1.24. The predicted octanol–water partition coefficient (Wildman–Crippen LogP) is 5.82. The van der Waals surface area contributed by atoms with Gasteiger partial charge in [-0.3, -0.25) is 4.79 Å². The Hall–Kier alpha value is -1.20. The third-order valence-electron chi connectivity index (χ3n) is 6.18. The quantitative estimate of drug-likeness (QED) is 0.448. The SMILES string of the molecule is CC1Oc2c(cc(C(=O)C(F)(F)F)nc2C2CCCC2)C(C)C1(C)C.COP. The van der Waals surface area contributed by atoms with Crippen molar-refractivity contribution in [3.05, 3.63) is 23.0 Å². The minimum atomic E-state index is -4.92. The fourth-order valence-electron chi connectivity index (χ4n) is 3.84. The van der Waals surface area contributed by atoms with Crippen molar-refractivity contribution in [2.45, 2.75) is 77.5 Å². The van der Waals surface area contributed by atoms with Crippen LogP contribution < -0.4 is 4.74 Å². The van der Waals surface area contributed by atoms with Crippen molar-refractivity contribution in [2.24, 2.45) is 5.41 Å². The van der Waals surface area contributed by atoms with Gasteiger partial charge in [0.25, 0.3) is 5.78 Å². The van der Waals surface area contributed by atoms with E-state index in [0.717, 1.165) is 25.7 Å². The van der Waals surface area contributed by atoms with Gasteiger partial charge in [0.15, 0.2) is 0 Å². The van der Waals surface area contributed by atoms with Crippen molar-refractivity contribution in [3.8, 4) is 5.75 Å². The maximum absolute atomic E-state index is 13.0. The highest BCUT2D eigenvalue weighted by molar-refractivity contribution is 7.09. The zero-order valence-corrected chi connectivity index (χ0v) is 18.2. The van der Waals surface area contributed by atoms with Crippen molar-refractivity contribution in [2.75, 3.05) is 7.11 Å². The summed E-state index contributed by atoms with van der Waals surface area (Å²) >= 11 is 0. The molecule has 1 aliphatic heterocycles. The summed E-state index contributed by atoms with van der Waals surface area (Å²) in [6, 6.07) is 1.29. The molecule has 158 valence electrons. The smallest absolute Gasteiger partial charge is 0.456 e. The van der Waals surface area contributed by atoms with Crippen molar-refractivity contribution >= 4 is 15.2 Å². The second-order valence-corrected chi connectivity index (χ2v) is 8.63. The maximum Gasteiger partial charge on any atom is 0.456 e. The fraction of sp³-hybridized carbons (Fsp3) is 0.700. The normalized spacial score (nSPS) is 24.0. The molecule has 28 heavy (non-hydrogen) atoms. The third-order valence-corrected chi connectivity index (χ3v) is 6.18. The average molecular weight is 419 g/mol. The third kappa shape index (κ3) is 4.51. The summed E-state index contributed by atoms with van der Waals surface area (Å²) in [7, 11) is 3.67. The Balaban J connectivity index is 0.000000878. The van der Waals surface area contributed by atoms with Crippen molar-refractivity contribution in [3.63, 3.8) is 0 Å². The first-order chi connectivity index (χ1) is 12.9. The number of alkyl halides is 3. The highest BCUT2D eigenvalue weighted by atomic mass is 31.0. The van der Waals surface area contributed by atoms with Crippen LogP contribution in [0.5, 0.6) is 5.75 Å². The lowest BCUT2D eigenvalue weighted by molar-refractivity contribution is -0.0888. The molecule has 2 aliphatic rings. The lowest BCUT2D eigenvalue weighted by Gasteiger charge is -2.44. The molecule has 8 heteroatoms. The molecule has 3 rings (SSSR count). The summed E-state index contributed by atoms with van der Waals surface area (Å²) < 4.78 is 49.2. The minimum absolute atomic E-state index is 0.0332. The Morgan fingerprint density at radius 1 is 1.29 bits per heavy atom. The van der Waals surface area contributed by atoms with Crippen LogP contribution in [-0.4, -0.2) is 30.2 Å². The van der Waals surface area contributed by atoms with Crippen LogP contribution in [0.1, 0.15) is 87.0 Å². The summed E-state index contributed by atoms with van der Waals surface area (Å²) in [6.07, 6.45) is -1.21. The number of ether oxygens (including phenoxy) is 1. The van der Waals surface area contributed by atoms with E-state index in [4.69, 9.17) is 4.74 Å². The van der Waals surface area contributed by atoms with Gasteiger partial charge in [-0.25, -0.2) is 4.98 Å². The molecule has 0 bridgehead atoms. The van der Waals surface area contributed by atoms with Gasteiger partial charge in [0.1, 0.15) is 17.5 Å². The molecule has 4 nitrogen and oxygen atoms in total. The number of nitrogens with zero attached hydrogens (tertiary/aromatic N) is 1. The molecule has 2 heterocycles. The molecule has 1 aliphatic carbocycles. The number of carbonyl (C=O) groups excluding carboxylic acids is 1. The molecular weight excluding hydrogens is 390 g/mol. The Morgan fingerprint density at radius 3 is 2.32 bits per heavy atom. The molecule has 1 fully saturated rings. The number of carbonyl (C=O) groups is 1. The molecule has 3 atom stereocenters. The monoisotopic (exact) mass is 419 g/mol. The van der Waals surface area contributed by atoms with E-state index < -0.39 is 17.7 Å². The topological polar surface area (TPSA) is 48.4 Å². The van der Waals surface area contributed by atoms with Gasteiger partial charge >= 0.3 is 6.18 Å². The number of hydrogen-bond acceptors (Lipinski definition) is 4. The molecule has 0 spiro atoms. The van der Waals surface area contributed by atoms with Crippen LogP contribution in [0.4, 0.5) is 13.2 Å². The van der Waals surface area contributed by atoms with Gasteiger partial charge < -0.3 is 9.26 Å². The van der Waals surface area contributed by atoms with Gasteiger partial charge in [-0.2, -0.15) is 13.2 Å². The van der Waals surface area contributed by atoms with E-state index in [1.165, 1.54) is 6.07 Å². The highest BCUT2D eigenvalue weighted by Gasteiger charge is 2.45.